The molecular formula is C24H28N2O5. The van der Waals surface area contributed by atoms with Crippen LogP contribution in [0.25, 0.3) is 11.1 Å². The number of likely N-dealkylation sites (N-methyl/N-ethyl adjacent to an activating group) is 1. The van der Waals surface area contributed by atoms with E-state index in [9.17, 15) is 14.4 Å². The summed E-state index contributed by atoms with van der Waals surface area (Å²) >= 11 is 0. The number of carboxylic acids is 1. The molecule has 1 atom stereocenters. The van der Waals surface area contributed by atoms with Crippen molar-refractivity contribution in [2.75, 3.05) is 19.7 Å². The van der Waals surface area contributed by atoms with E-state index in [4.69, 9.17) is 9.84 Å². The fourth-order valence-corrected chi connectivity index (χ4v) is 3.95. The van der Waals surface area contributed by atoms with Crippen LogP contribution in [-0.2, 0) is 14.3 Å². The highest BCUT2D eigenvalue weighted by Crippen LogP contribution is 2.44. The number of carbonyl (C=O) groups is 3. The van der Waals surface area contributed by atoms with Gasteiger partial charge in [0.1, 0.15) is 13.2 Å². The highest BCUT2D eigenvalue weighted by atomic mass is 16.5. The van der Waals surface area contributed by atoms with Crippen LogP contribution in [0.4, 0.5) is 4.79 Å². The molecule has 7 heteroatoms. The molecule has 2 N–H and O–H groups in total. The number of carboxylic acid groups (broad SMARTS) is 1. The van der Waals surface area contributed by atoms with E-state index in [2.05, 4.69) is 29.6 Å². The molecule has 1 aliphatic carbocycles. The summed E-state index contributed by atoms with van der Waals surface area (Å²) in [6.07, 6.45) is 0.0325. The van der Waals surface area contributed by atoms with E-state index in [0.29, 0.717) is 13.0 Å². The van der Waals surface area contributed by atoms with Crippen LogP contribution < -0.4 is 5.32 Å². The Balaban J connectivity index is 1.50. The minimum Gasteiger partial charge on any atom is -0.480 e. The van der Waals surface area contributed by atoms with Crippen molar-refractivity contribution >= 4 is 18.0 Å². The van der Waals surface area contributed by atoms with Gasteiger partial charge in [-0.3, -0.25) is 9.59 Å². The van der Waals surface area contributed by atoms with Crippen LogP contribution in [0.1, 0.15) is 43.7 Å². The van der Waals surface area contributed by atoms with E-state index < -0.39 is 12.1 Å². The van der Waals surface area contributed by atoms with E-state index in [1.165, 1.54) is 16.0 Å². The van der Waals surface area contributed by atoms with Gasteiger partial charge >= 0.3 is 12.1 Å². The SMILES string of the molecule is CCN(CC(=O)O)C(=O)CCC(C)NC(=O)OCC1c2ccccc2-c2ccccc21. The molecule has 31 heavy (non-hydrogen) atoms. The van der Waals surface area contributed by atoms with Crippen molar-refractivity contribution in [1.82, 2.24) is 10.2 Å². The van der Waals surface area contributed by atoms with Gasteiger partial charge < -0.3 is 20.1 Å². The van der Waals surface area contributed by atoms with Crippen molar-refractivity contribution in [1.29, 1.82) is 0 Å². The van der Waals surface area contributed by atoms with Gasteiger partial charge in [-0.05, 0) is 42.5 Å². The standard InChI is InChI=1S/C24H28N2O5/c1-3-26(14-23(28)29)22(27)13-12-16(2)25-24(30)31-15-21-19-10-6-4-8-17(19)18-9-5-7-11-20(18)21/h4-11,16,21H,3,12-15H2,1-2H3,(H,25,30)(H,28,29). The van der Waals surface area contributed by atoms with Crippen molar-refractivity contribution < 1.29 is 24.2 Å². The number of carbonyl (C=O) groups excluding carboxylic acids is 2. The first-order chi connectivity index (χ1) is 14.9. The Kier molecular flexibility index (Phi) is 7.28. The van der Waals surface area contributed by atoms with Gasteiger partial charge in [0.05, 0.1) is 0 Å². The maximum Gasteiger partial charge on any atom is 0.407 e. The van der Waals surface area contributed by atoms with E-state index in [0.717, 1.165) is 11.1 Å². The number of nitrogens with zero attached hydrogens (tertiary/aromatic N) is 1. The molecule has 2 amide bonds. The number of nitrogens with one attached hydrogen (secondary N) is 1. The van der Waals surface area contributed by atoms with Gasteiger partial charge in [-0.15, -0.1) is 0 Å². The molecule has 0 aliphatic heterocycles. The number of benzene rings is 2. The number of hydrogen-bond donors (Lipinski definition) is 2. The molecule has 0 spiro atoms. The summed E-state index contributed by atoms with van der Waals surface area (Å²) in [5.74, 6) is -1.30. The molecule has 164 valence electrons. The molecule has 0 bridgehead atoms. The molecule has 2 aromatic carbocycles. The molecule has 0 aromatic heterocycles. The molecule has 0 radical (unpaired) electrons. The van der Waals surface area contributed by atoms with Crippen LogP contribution >= 0.6 is 0 Å². The van der Waals surface area contributed by atoms with Crippen LogP contribution in [0.3, 0.4) is 0 Å². The van der Waals surface area contributed by atoms with Crippen LogP contribution in [0.5, 0.6) is 0 Å². The Bertz CT molecular complexity index is 913. The molecule has 0 heterocycles. The van der Waals surface area contributed by atoms with Crippen LogP contribution in [-0.4, -0.2) is 53.7 Å². The van der Waals surface area contributed by atoms with E-state index in [1.807, 2.05) is 24.3 Å². The minimum absolute atomic E-state index is 0.0100. The molecule has 1 aliphatic rings. The second-order valence-corrected chi connectivity index (χ2v) is 7.71. The largest absolute Gasteiger partial charge is 0.480 e. The monoisotopic (exact) mass is 424 g/mol. The lowest BCUT2D eigenvalue weighted by Gasteiger charge is -2.20. The summed E-state index contributed by atoms with van der Waals surface area (Å²) in [6.45, 7) is 3.78. The summed E-state index contributed by atoms with van der Waals surface area (Å²) in [5.41, 5.74) is 4.63. The predicted octanol–water partition coefficient (Wildman–Crippen LogP) is 3.63. The lowest BCUT2D eigenvalue weighted by Crippen LogP contribution is -2.38. The van der Waals surface area contributed by atoms with E-state index in [-0.39, 0.29) is 37.4 Å². The Morgan fingerprint density at radius 3 is 2.19 bits per heavy atom. The lowest BCUT2D eigenvalue weighted by molar-refractivity contribution is -0.144. The normalized spacial score (nSPS) is 13.1. The van der Waals surface area contributed by atoms with Gasteiger partial charge in [0.25, 0.3) is 0 Å². The van der Waals surface area contributed by atoms with Gasteiger partial charge in [0, 0.05) is 24.9 Å². The Labute approximate surface area is 182 Å². The highest BCUT2D eigenvalue weighted by Gasteiger charge is 2.29. The fraction of sp³-hybridized carbons (Fsp3) is 0.375. The molecule has 7 nitrogen and oxygen atoms in total. The summed E-state index contributed by atoms with van der Waals surface area (Å²) in [6, 6.07) is 16.0. The maximum absolute atomic E-state index is 12.3. The van der Waals surface area contributed by atoms with E-state index in [1.54, 1.807) is 13.8 Å². The molecular weight excluding hydrogens is 396 g/mol. The van der Waals surface area contributed by atoms with Crippen molar-refractivity contribution in [3.05, 3.63) is 59.7 Å². The highest BCUT2D eigenvalue weighted by molar-refractivity contribution is 5.81. The topological polar surface area (TPSA) is 95.9 Å². The van der Waals surface area contributed by atoms with Crippen molar-refractivity contribution in [3.63, 3.8) is 0 Å². The first-order valence-electron chi connectivity index (χ1n) is 10.5. The second kappa shape index (κ2) is 10.1. The fourth-order valence-electron chi connectivity index (χ4n) is 3.95. The number of amides is 2. The summed E-state index contributed by atoms with van der Waals surface area (Å²) < 4.78 is 5.52. The van der Waals surface area contributed by atoms with Gasteiger partial charge in [-0.2, -0.15) is 0 Å². The average molecular weight is 424 g/mol. The van der Waals surface area contributed by atoms with Crippen LogP contribution in [0.2, 0.25) is 0 Å². The van der Waals surface area contributed by atoms with Gasteiger partial charge in [0.15, 0.2) is 0 Å². The Morgan fingerprint density at radius 1 is 1.06 bits per heavy atom. The van der Waals surface area contributed by atoms with Crippen molar-refractivity contribution in [2.45, 2.75) is 38.6 Å². The second-order valence-electron chi connectivity index (χ2n) is 7.71. The first kappa shape index (κ1) is 22.3. The number of rotatable bonds is 9. The minimum atomic E-state index is -1.04. The average Bonchev–Trinajstić information content (AvgIpc) is 3.08. The molecule has 1 unspecified atom stereocenters. The quantitative estimate of drug-likeness (QED) is 0.641. The molecule has 2 aromatic rings. The van der Waals surface area contributed by atoms with E-state index >= 15 is 0 Å². The Hall–Kier alpha value is -3.35. The third-order valence-corrected chi connectivity index (χ3v) is 5.56. The summed E-state index contributed by atoms with van der Waals surface area (Å²) in [4.78, 5) is 36.6. The van der Waals surface area contributed by atoms with Crippen molar-refractivity contribution in [3.8, 4) is 11.1 Å². The van der Waals surface area contributed by atoms with Crippen LogP contribution in [0, 0.1) is 0 Å². The summed E-state index contributed by atoms with van der Waals surface area (Å²) in [7, 11) is 0. The summed E-state index contributed by atoms with van der Waals surface area (Å²) in [5, 5.41) is 11.6. The Morgan fingerprint density at radius 2 is 1.65 bits per heavy atom. The van der Waals surface area contributed by atoms with Gasteiger partial charge in [-0.25, -0.2) is 4.79 Å². The zero-order valence-corrected chi connectivity index (χ0v) is 17.8. The third-order valence-electron chi connectivity index (χ3n) is 5.56. The van der Waals surface area contributed by atoms with Gasteiger partial charge in [0.2, 0.25) is 5.91 Å². The third kappa shape index (κ3) is 5.42. The number of ether oxygens (including phenoxy) is 1. The lowest BCUT2D eigenvalue weighted by atomic mass is 9.98. The van der Waals surface area contributed by atoms with Crippen molar-refractivity contribution in [2.24, 2.45) is 0 Å². The zero-order valence-electron chi connectivity index (χ0n) is 17.8. The number of aliphatic carboxylic acids is 1. The molecule has 0 saturated heterocycles. The first-order valence-corrected chi connectivity index (χ1v) is 10.5. The van der Waals surface area contributed by atoms with Crippen LogP contribution in [0.15, 0.2) is 48.5 Å². The predicted molar refractivity (Wildman–Crippen MR) is 117 cm³/mol. The number of fused-ring (bicyclic) bond motifs is 3. The molecule has 0 fully saturated rings. The smallest absolute Gasteiger partial charge is 0.407 e. The molecule has 3 rings (SSSR count). The maximum atomic E-state index is 12.3. The zero-order chi connectivity index (χ0) is 22.4. The number of alkyl carbamates (subject to hydrolysis) is 1. The molecule has 0 saturated carbocycles. The van der Waals surface area contributed by atoms with Gasteiger partial charge in [-0.1, -0.05) is 48.5 Å². The number of hydrogen-bond acceptors (Lipinski definition) is 4.